The second-order valence-corrected chi connectivity index (χ2v) is 8.49. The minimum Gasteiger partial charge on any atom is -0.350 e. The van der Waals surface area contributed by atoms with E-state index in [9.17, 15) is 24.5 Å². The molecule has 0 aromatic heterocycles. The van der Waals surface area contributed by atoms with E-state index in [1.54, 1.807) is 30.3 Å². The van der Waals surface area contributed by atoms with Crippen LogP contribution in [0.3, 0.4) is 0 Å². The number of fused-ring (bicyclic) bond motifs is 1. The zero-order valence-electron chi connectivity index (χ0n) is 17.8. The van der Waals surface area contributed by atoms with Crippen molar-refractivity contribution in [2.45, 2.75) is 33.1 Å². The second kappa shape index (κ2) is 8.41. The topological polar surface area (TPSA) is 122 Å². The minimum absolute atomic E-state index is 0.197. The molecule has 2 fully saturated rings. The number of nitro benzene ring substituents is 1. The fourth-order valence-electron chi connectivity index (χ4n) is 4.56. The van der Waals surface area contributed by atoms with Gasteiger partial charge in [-0.05, 0) is 61.6 Å². The Morgan fingerprint density at radius 2 is 1.69 bits per heavy atom. The van der Waals surface area contributed by atoms with E-state index in [1.165, 1.54) is 19.1 Å². The van der Waals surface area contributed by atoms with Crippen molar-refractivity contribution in [3.8, 4) is 0 Å². The summed E-state index contributed by atoms with van der Waals surface area (Å²) < 4.78 is 0. The van der Waals surface area contributed by atoms with Crippen LogP contribution >= 0.6 is 0 Å². The molecule has 1 saturated heterocycles. The van der Waals surface area contributed by atoms with Crippen LogP contribution in [0.1, 0.15) is 33.1 Å². The van der Waals surface area contributed by atoms with Crippen LogP contribution in [-0.2, 0) is 14.4 Å². The Morgan fingerprint density at radius 3 is 2.34 bits per heavy atom. The Balaban J connectivity index is 1.60. The third-order valence-electron chi connectivity index (χ3n) is 6.11. The number of nitrogens with zero attached hydrogens (tertiary/aromatic N) is 2. The predicted octanol–water partition coefficient (Wildman–Crippen LogP) is 4.22. The van der Waals surface area contributed by atoms with Gasteiger partial charge >= 0.3 is 0 Å². The first-order chi connectivity index (χ1) is 15.2. The van der Waals surface area contributed by atoms with Gasteiger partial charge in [-0.15, -0.1) is 0 Å². The number of amides is 3. The van der Waals surface area contributed by atoms with Gasteiger partial charge in [0.15, 0.2) is 0 Å². The summed E-state index contributed by atoms with van der Waals surface area (Å²) in [5.74, 6) is -1.03. The lowest BCUT2D eigenvalue weighted by Crippen LogP contribution is -2.30. The molecule has 4 rings (SSSR count). The number of imide groups is 1. The van der Waals surface area contributed by atoms with Crippen molar-refractivity contribution in [1.82, 2.24) is 0 Å². The van der Waals surface area contributed by atoms with Crippen LogP contribution in [0.15, 0.2) is 42.5 Å². The fourth-order valence-corrected chi connectivity index (χ4v) is 4.56. The number of hydrogen-bond acceptors (Lipinski definition) is 6. The number of benzene rings is 2. The summed E-state index contributed by atoms with van der Waals surface area (Å²) in [6.45, 7) is 3.48. The standard InChI is InChI=1S/C23H24N4O5/c1-13-3-9-18-19(11-13)23(30)26(22(18)29)17-8-10-20(21(12-17)27(31)32)25-16-6-4-15(5-7-16)24-14(2)28/h4-8,10,12-13,18-19,25H,3,9,11H2,1-2H3,(H,24,28). The summed E-state index contributed by atoms with van der Waals surface area (Å²) >= 11 is 0. The average Bonchev–Trinajstić information content (AvgIpc) is 2.99. The average molecular weight is 436 g/mol. The molecule has 1 aliphatic carbocycles. The smallest absolute Gasteiger partial charge is 0.294 e. The van der Waals surface area contributed by atoms with Gasteiger partial charge in [0.2, 0.25) is 17.7 Å². The van der Waals surface area contributed by atoms with Gasteiger partial charge in [-0.2, -0.15) is 0 Å². The molecule has 3 unspecified atom stereocenters. The van der Waals surface area contributed by atoms with Crippen LogP contribution in [0.2, 0.25) is 0 Å². The summed E-state index contributed by atoms with van der Waals surface area (Å²) in [7, 11) is 0. The largest absolute Gasteiger partial charge is 0.350 e. The quantitative estimate of drug-likeness (QED) is 0.411. The first-order valence-electron chi connectivity index (χ1n) is 10.6. The van der Waals surface area contributed by atoms with E-state index in [1.807, 2.05) is 0 Å². The van der Waals surface area contributed by atoms with Gasteiger partial charge < -0.3 is 10.6 Å². The van der Waals surface area contributed by atoms with E-state index in [4.69, 9.17) is 0 Å². The van der Waals surface area contributed by atoms with Crippen LogP contribution in [0.4, 0.5) is 28.4 Å². The van der Waals surface area contributed by atoms with Crippen LogP contribution in [0.5, 0.6) is 0 Å². The molecule has 166 valence electrons. The Labute approximate surface area is 184 Å². The maximum Gasteiger partial charge on any atom is 0.294 e. The Bertz CT molecular complexity index is 1100. The molecule has 1 aliphatic heterocycles. The lowest BCUT2D eigenvalue weighted by molar-refractivity contribution is -0.383. The second-order valence-electron chi connectivity index (χ2n) is 8.49. The van der Waals surface area contributed by atoms with Gasteiger partial charge in [0, 0.05) is 24.4 Å². The van der Waals surface area contributed by atoms with E-state index in [0.717, 1.165) is 11.3 Å². The summed E-state index contributed by atoms with van der Waals surface area (Å²) in [6.07, 6.45) is 2.24. The van der Waals surface area contributed by atoms with Gasteiger partial charge in [-0.3, -0.25) is 24.5 Å². The number of hydrogen-bond donors (Lipinski definition) is 2. The molecular weight excluding hydrogens is 412 g/mol. The molecule has 9 heteroatoms. The molecule has 2 aliphatic rings. The summed E-state index contributed by atoms with van der Waals surface area (Å²) in [5.41, 5.74) is 1.41. The highest BCUT2D eigenvalue weighted by atomic mass is 16.6. The van der Waals surface area contributed by atoms with Gasteiger partial charge in [-0.25, -0.2) is 4.90 Å². The number of nitro groups is 1. The molecule has 3 atom stereocenters. The molecule has 32 heavy (non-hydrogen) atoms. The molecule has 2 aromatic rings. The highest BCUT2D eigenvalue weighted by Crippen LogP contribution is 2.43. The van der Waals surface area contributed by atoms with Crippen molar-refractivity contribution in [3.63, 3.8) is 0 Å². The molecule has 0 bridgehead atoms. The lowest BCUT2D eigenvalue weighted by Gasteiger charge is -2.25. The molecule has 0 radical (unpaired) electrons. The molecule has 3 amide bonds. The van der Waals surface area contributed by atoms with Crippen molar-refractivity contribution in [1.29, 1.82) is 0 Å². The van der Waals surface area contributed by atoms with Crippen molar-refractivity contribution in [2.24, 2.45) is 17.8 Å². The molecule has 1 saturated carbocycles. The molecule has 2 N–H and O–H groups in total. The number of anilines is 4. The third kappa shape index (κ3) is 4.05. The highest BCUT2D eigenvalue weighted by molar-refractivity contribution is 6.22. The van der Waals surface area contributed by atoms with Crippen molar-refractivity contribution in [2.75, 3.05) is 15.5 Å². The van der Waals surface area contributed by atoms with E-state index in [0.29, 0.717) is 30.1 Å². The SMILES string of the molecule is CC(=O)Nc1ccc(Nc2ccc(N3C(=O)C4CCC(C)CC4C3=O)cc2[N+](=O)[O-])cc1. The van der Waals surface area contributed by atoms with E-state index < -0.39 is 4.92 Å². The van der Waals surface area contributed by atoms with Gasteiger partial charge in [0.25, 0.3) is 5.69 Å². The van der Waals surface area contributed by atoms with Gasteiger partial charge in [-0.1, -0.05) is 6.92 Å². The van der Waals surface area contributed by atoms with Crippen LogP contribution in [0.25, 0.3) is 0 Å². The fraction of sp³-hybridized carbons (Fsp3) is 0.348. The Morgan fingerprint density at radius 1 is 1.03 bits per heavy atom. The van der Waals surface area contributed by atoms with Crippen LogP contribution in [0, 0.1) is 27.9 Å². The maximum absolute atomic E-state index is 13.0. The number of nitrogens with one attached hydrogen (secondary N) is 2. The molecule has 2 aromatic carbocycles. The first kappa shape index (κ1) is 21.5. The molecule has 0 spiro atoms. The predicted molar refractivity (Wildman–Crippen MR) is 120 cm³/mol. The van der Waals surface area contributed by atoms with E-state index in [-0.39, 0.29) is 46.6 Å². The molecular formula is C23H24N4O5. The minimum atomic E-state index is -0.544. The Hall–Kier alpha value is -3.75. The Kier molecular flexibility index (Phi) is 5.65. The number of carbonyl (C=O) groups excluding carboxylic acids is 3. The van der Waals surface area contributed by atoms with Crippen LogP contribution < -0.4 is 15.5 Å². The summed E-state index contributed by atoms with van der Waals surface area (Å²) in [4.78, 5) is 49.3. The first-order valence-corrected chi connectivity index (χ1v) is 10.6. The van der Waals surface area contributed by atoms with Gasteiger partial charge in [0.1, 0.15) is 5.69 Å². The van der Waals surface area contributed by atoms with Gasteiger partial charge in [0.05, 0.1) is 22.4 Å². The maximum atomic E-state index is 13.0. The third-order valence-corrected chi connectivity index (χ3v) is 6.11. The molecule has 1 heterocycles. The number of rotatable bonds is 5. The number of carbonyl (C=O) groups is 3. The zero-order chi connectivity index (χ0) is 23.0. The van der Waals surface area contributed by atoms with E-state index >= 15 is 0 Å². The summed E-state index contributed by atoms with van der Waals surface area (Å²) in [5, 5.41) is 17.4. The zero-order valence-corrected chi connectivity index (χ0v) is 17.8. The van der Waals surface area contributed by atoms with E-state index in [2.05, 4.69) is 17.6 Å². The van der Waals surface area contributed by atoms with Crippen molar-refractivity contribution < 1.29 is 19.3 Å². The normalized spacial score (nSPS) is 22.4. The van der Waals surface area contributed by atoms with Crippen molar-refractivity contribution in [3.05, 3.63) is 52.6 Å². The highest BCUT2D eigenvalue weighted by Gasteiger charge is 2.50. The van der Waals surface area contributed by atoms with Crippen LogP contribution in [-0.4, -0.2) is 22.6 Å². The van der Waals surface area contributed by atoms with Crippen molar-refractivity contribution >= 4 is 46.2 Å². The molecule has 9 nitrogen and oxygen atoms in total. The summed E-state index contributed by atoms with van der Waals surface area (Å²) in [6, 6.07) is 11.0. The lowest BCUT2D eigenvalue weighted by atomic mass is 9.76. The monoisotopic (exact) mass is 436 g/mol.